The van der Waals surface area contributed by atoms with Gasteiger partial charge in [0.2, 0.25) is 0 Å². The zero-order valence-electron chi connectivity index (χ0n) is 16.6. The molecule has 0 unspecified atom stereocenters. The van der Waals surface area contributed by atoms with Gasteiger partial charge in [0.1, 0.15) is 17.6 Å². The Hall–Kier alpha value is -2.93. The summed E-state index contributed by atoms with van der Waals surface area (Å²) in [5.41, 5.74) is 1.01. The molecule has 1 aliphatic rings. The molecule has 1 aliphatic heterocycles. The molecule has 154 valence electrons. The van der Waals surface area contributed by atoms with Gasteiger partial charge in [-0.15, -0.1) is 0 Å². The number of hydrogen-bond acceptors (Lipinski definition) is 4. The van der Waals surface area contributed by atoms with E-state index < -0.39 is 17.8 Å². The molecule has 6 nitrogen and oxygen atoms in total. The van der Waals surface area contributed by atoms with E-state index in [0.717, 1.165) is 24.3 Å². The van der Waals surface area contributed by atoms with Crippen molar-refractivity contribution in [1.29, 1.82) is 0 Å². The van der Waals surface area contributed by atoms with E-state index in [-0.39, 0.29) is 11.5 Å². The molecule has 2 amide bonds. The number of nitrogens with one attached hydrogen (secondary N) is 1. The summed E-state index contributed by atoms with van der Waals surface area (Å²) >= 11 is 0. The number of nitrogens with zero attached hydrogens (tertiary/aromatic N) is 1. The van der Waals surface area contributed by atoms with E-state index in [4.69, 9.17) is 9.57 Å². The molecule has 2 bridgehead atoms. The fraction of sp³-hybridized carbons (Fsp3) is 0.364. The summed E-state index contributed by atoms with van der Waals surface area (Å²) in [5, 5.41) is 3.91. The van der Waals surface area contributed by atoms with E-state index in [1.165, 1.54) is 20.2 Å². The molecule has 1 N–H and O–H groups in total. The Morgan fingerprint density at radius 2 is 1.90 bits per heavy atom. The van der Waals surface area contributed by atoms with Crippen LogP contribution in [0.1, 0.15) is 36.0 Å². The molecule has 0 fully saturated rings. The summed E-state index contributed by atoms with van der Waals surface area (Å²) in [4.78, 5) is 30.6. The van der Waals surface area contributed by atoms with Crippen LogP contribution in [0.25, 0.3) is 11.1 Å². The van der Waals surface area contributed by atoms with Crippen LogP contribution in [0.4, 0.5) is 4.39 Å². The van der Waals surface area contributed by atoms with Gasteiger partial charge in [-0.05, 0) is 49.1 Å². The standard InChI is InChI=1S/C22H25FN2O4/c1-25(28-2)22(27)20-10-4-3-7-13-29-15-11-12-19(23)18(14-15)16-8-5-6-9-17(16)21(26)24-20/h5-6,8-9,11-12,14,20H,3-4,7,10,13H2,1-2H3,(H,24,26)/t20-/m0/s1. The third kappa shape index (κ3) is 4.92. The van der Waals surface area contributed by atoms with E-state index in [9.17, 15) is 14.0 Å². The molecular formula is C22H25FN2O4. The number of carbonyl (C=O) groups is 2. The van der Waals surface area contributed by atoms with Gasteiger partial charge in [-0.2, -0.15) is 0 Å². The number of fused-ring (bicyclic) bond motifs is 4. The van der Waals surface area contributed by atoms with Crippen molar-refractivity contribution in [1.82, 2.24) is 10.4 Å². The average molecular weight is 400 g/mol. The Balaban J connectivity index is 2.01. The maximum Gasteiger partial charge on any atom is 0.268 e. The number of hydrogen-bond donors (Lipinski definition) is 1. The zero-order chi connectivity index (χ0) is 20.8. The minimum absolute atomic E-state index is 0.280. The summed E-state index contributed by atoms with van der Waals surface area (Å²) in [6.07, 6.45) is 2.84. The molecule has 7 heteroatoms. The first-order valence-electron chi connectivity index (χ1n) is 9.65. The third-order valence-corrected chi connectivity index (χ3v) is 4.99. The maximum atomic E-state index is 14.6. The number of benzene rings is 2. The van der Waals surface area contributed by atoms with Crippen LogP contribution < -0.4 is 10.1 Å². The highest BCUT2D eigenvalue weighted by Crippen LogP contribution is 2.30. The fourth-order valence-electron chi connectivity index (χ4n) is 3.34. The van der Waals surface area contributed by atoms with Crippen LogP contribution in [0.3, 0.4) is 0 Å². The lowest BCUT2D eigenvalue weighted by atomic mass is 9.97. The Labute approximate surface area is 169 Å². The SMILES string of the molecule is CON(C)C(=O)[C@@H]1CCCCCOc2ccc(F)c(c2)-c2ccccc2C(=O)N1. The van der Waals surface area contributed by atoms with Crippen molar-refractivity contribution in [2.24, 2.45) is 0 Å². The number of ether oxygens (including phenoxy) is 1. The second-order valence-electron chi connectivity index (χ2n) is 6.93. The van der Waals surface area contributed by atoms with Gasteiger partial charge in [0.15, 0.2) is 0 Å². The molecular weight excluding hydrogens is 375 g/mol. The number of amides is 2. The quantitative estimate of drug-likeness (QED) is 0.783. The number of likely N-dealkylation sites (N-methyl/N-ethyl adjacent to an activating group) is 1. The second-order valence-corrected chi connectivity index (χ2v) is 6.93. The number of hydroxylamine groups is 2. The van der Waals surface area contributed by atoms with Crippen LogP contribution in [-0.2, 0) is 9.63 Å². The number of rotatable bonds is 2. The first-order valence-corrected chi connectivity index (χ1v) is 9.65. The van der Waals surface area contributed by atoms with Crippen molar-refractivity contribution in [3.8, 4) is 16.9 Å². The summed E-state index contributed by atoms with van der Waals surface area (Å²) in [6, 6.07) is 10.5. The molecule has 0 saturated carbocycles. The Bertz CT molecular complexity index is 887. The van der Waals surface area contributed by atoms with E-state index in [0.29, 0.717) is 29.9 Å². The summed E-state index contributed by atoms with van der Waals surface area (Å²) in [6.45, 7) is 0.496. The van der Waals surface area contributed by atoms with Crippen molar-refractivity contribution in [2.75, 3.05) is 20.8 Å². The van der Waals surface area contributed by atoms with E-state index >= 15 is 0 Å². The highest BCUT2D eigenvalue weighted by molar-refractivity contribution is 6.02. The minimum atomic E-state index is -0.736. The number of halogens is 1. The Morgan fingerprint density at radius 3 is 2.66 bits per heavy atom. The van der Waals surface area contributed by atoms with E-state index in [1.807, 2.05) is 0 Å². The van der Waals surface area contributed by atoms with Crippen LogP contribution in [0.2, 0.25) is 0 Å². The van der Waals surface area contributed by atoms with Gasteiger partial charge in [-0.25, -0.2) is 9.45 Å². The minimum Gasteiger partial charge on any atom is -0.494 e. The molecule has 3 rings (SSSR count). The highest BCUT2D eigenvalue weighted by atomic mass is 19.1. The van der Waals surface area contributed by atoms with Gasteiger partial charge in [-0.1, -0.05) is 24.6 Å². The topological polar surface area (TPSA) is 67.9 Å². The van der Waals surface area contributed by atoms with Crippen molar-refractivity contribution in [3.63, 3.8) is 0 Å². The van der Waals surface area contributed by atoms with Crippen LogP contribution in [0.5, 0.6) is 5.75 Å². The fourth-order valence-corrected chi connectivity index (χ4v) is 3.34. The lowest BCUT2D eigenvalue weighted by molar-refractivity contribution is -0.171. The van der Waals surface area contributed by atoms with Crippen LogP contribution in [0.15, 0.2) is 42.5 Å². The Kier molecular flexibility index (Phi) is 6.82. The lowest BCUT2D eigenvalue weighted by Gasteiger charge is -2.23. The van der Waals surface area contributed by atoms with Gasteiger partial charge >= 0.3 is 0 Å². The van der Waals surface area contributed by atoms with Crippen molar-refractivity contribution in [3.05, 3.63) is 53.8 Å². The van der Waals surface area contributed by atoms with E-state index in [1.54, 1.807) is 36.4 Å². The molecule has 2 aromatic rings. The van der Waals surface area contributed by atoms with Crippen molar-refractivity contribution >= 4 is 11.8 Å². The average Bonchev–Trinajstić information content (AvgIpc) is 2.74. The third-order valence-electron chi connectivity index (χ3n) is 4.99. The Morgan fingerprint density at radius 1 is 1.14 bits per heavy atom. The van der Waals surface area contributed by atoms with Gasteiger partial charge in [-0.3, -0.25) is 14.4 Å². The largest absolute Gasteiger partial charge is 0.494 e. The lowest BCUT2D eigenvalue weighted by Crippen LogP contribution is -2.47. The van der Waals surface area contributed by atoms with Crippen LogP contribution >= 0.6 is 0 Å². The first-order chi connectivity index (χ1) is 14.0. The van der Waals surface area contributed by atoms with Gasteiger partial charge in [0.05, 0.1) is 13.7 Å². The zero-order valence-corrected chi connectivity index (χ0v) is 16.6. The molecule has 0 radical (unpaired) electrons. The van der Waals surface area contributed by atoms with Gasteiger partial charge in [0, 0.05) is 18.2 Å². The predicted octanol–water partition coefficient (Wildman–Crippen LogP) is 3.56. The highest BCUT2D eigenvalue weighted by Gasteiger charge is 2.26. The summed E-state index contributed by atoms with van der Waals surface area (Å²) in [5.74, 6) is -0.666. The van der Waals surface area contributed by atoms with Crippen molar-refractivity contribution in [2.45, 2.75) is 31.7 Å². The molecule has 0 spiro atoms. The molecule has 0 aliphatic carbocycles. The molecule has 2 aromatic carbocycles. The second kappa shape index (κ2) is 9.52. The molecule has 0 aromatic heterocycles. The van der Waals surface area contributed by atoms with Crippen LogP contribution in [0, 0.1) is 5.82 Å². The van der Waals surface area contributed by atoms with Crippen LogP contribution in [-0.4, -0.2) is 43.7 Å². The van der Waals surface area contributed by atoms with Crippen molar-refractivity contribution < 1.29 is 23.6 Å². The van der Waals surface area contributed by atoms with E-state index in [2.05, 4.69) is 5.32 Å². The predicted molar refractivity (Wildman–Crippen MR) is 107 cm³/mol. The maximum absolute atomic E-state index is 14.6. The summed E-state index contributed by atoms with van der Waals surface area (Å²) in [7, 11) is 2.90. The molecule has 0 saturated heterocycles. The number of carbonyl (C=O) groups excluding carboxylic acids is 2. The monoisotopic (exact) mass is 400 g/mol. The molecule has 1 heterocycles. The molecule has 1 atom stereocenters. The van der Waals surface area contributed by atoms with Gasteiger partial charge in [0.25, 0.3) is 11.8 Å². The summed E-state index contributed by atoms with van der Waals surface area (Å²) < 4.78 is 20.3. The normalized spacial score (nSPS) is 17.3. The molecule has 29 heavy (non-hydrogen) atoms. The smallest absolute Gasteiger partial charge is 0.268 e. The van der Waals surface area contributed by atoms with Gasteiger partial charge < -0.3 is 10.1 Å². The first kappa shape index (κ1) is 20.8.